The van der Waals surface area contributed by atoms with Gasteiger partial charge in [0.05, 0.1) is 6.10 Å². The molecule has 24 heavy (non-hydrogen) atoms. The van der Waals surface area contributed by atoms with Crippen molar-refractivity contribution in [1.82, 2.24) is 20.5 Å². The molecule has 0 saturated carbocycles. The summed E-state index contributed by atoms with van der Waals surface area (Å²) in [4.78, 5) is 18.3. The molecule has 1 aromatic rings. The monoisotopic (exact) mass is 334 g/mol. The summed E-state index contributed by atoms with van der Waals surface area (Å²) in [5.41, 5.74) is 1.32. The maximum absolute atomic E-state index is 11.9. The smallest absolute Gasteiger partial charge is 0.315 e. The maximum atomic E-state index is 11.9. The van der Waals surface area contributed by atoms with Gasteiger partial charge in [-0.2, -0.15) is 0 Å². The Morgan fingerprint density at radius 2 is 2.08 bits per heavy atom. The zero-order valence-electron chi connectivity index (χ0n) is 14.6. The first-order chi connectivity index (χ1) is 11.7. The number of nitrogens with one attached hydrogen (secondary N) is 2. The van der Waals surface area contributed by atoms with Crippen LogP contribution < -0.4 is 10.6 Å². The largest absolute Gasteiger partial charge is 0.391 e. The molecule has 6 nitrogen and oxygen atoms in total. The van der Waals surface area contributed by atoms with Gasteiger partial charge in [0.25, 0.3) is 0 Å². The van der Waals surface area contributed by atoms with E-state index in [4.69, 9.17) is 0 Å². The molecule has 2 amide bonds. The lowest BCUT2D eigenvalue weighted by Crippen LogP contribution is -2.49. The fraction of sp³-hybridized carbons (Fsp3) is 0.667. The van der Waals surface area contributed by atoms with E-state index in [1.165, 1.54) is 5.56 Å². The van der Waals surface area contributed by atoms with Crippen LogP contribution >= 0.6 is 0 Å². The lowest BCUT2D eigenvalue weighted by Gasteiger charge is -2.32. The number of urea groups is 1. The number of hydrogen-bond donors (Lipinski definition) is 3. The first-order valence-electron chi connectivity index (χ1n) is 9.01. The van der Waals surface area contributed by atoms with E-state index in [-0.39, 0.29) is 12.1 Å². The van der Waals surface area contributed by atoms with Gasteiger partial charge >= 0.3 is 6.03 Å². The molecule has 0 spiro atoms. The van der Waals surface area contributed by atoms with E-state index in [0.717, 1.165) is 51.7 Å². The van der Waals surface area contributed by atoms with Gasteiger partial charge in [-0.25, -0.2) is 4.79 Å². The molecule has 1 saturated heterocycles. The minimum atomic E-state index is -0.448. The van der Waals surface area contributed by atoms with Crippen LogP contribution in [0.4, 0.5) is 4.79 Å². The summed E-state index contributed by atoms with van der Waals surface area (Å²) < 4.78 is 0. The zero-order valence-corrected chi connectivity index (χ0v) is 14.6. The summed E-state index contributed by atoms with van der Waals surface area (Å²) in [7, 11) is 0. The highest BCUT2D eigenvalue weighted by Gasteiger charge is 2.20. The average molecular weight is 334 g/mol. The number of amides is 2. The molecule has 1 aliphatic rings. The number of carbonyl (C=O) groups excluding carboxylic acids is 1. The van der Waals surface area contributed by atoms with Crippen LogP contribution in [0.25, 0.3) is 0 Å². The van der Waals surface area contributed by atoms with E-state index in [0.29, 0.717) is 6.54 Å². The normalized spacial score (nSPS) is 17.4. The van der Waals surface area contributed by atoms with Gasteiger partial charge in [-0.05, 0) is 43.4 Å². The number of likely N-dealkylation sites (tertiary alicyclic amines) is 1. The molecule has 0 aliphatic carbocycles. The van der Waals surface area contributed by atoms with E-state index in [1.54, 1.807) is 0 Å². The third-order valence-electron chi connectivity index (χ3n) is 4.51. The third kappa shape index (κ3) is 6.84. The van der Waals surface area contributed by atoms with Crippen molar-refractivity contribution < 1.29 is 9.90 Å². The van der Waals surface area contributed by atoms with Crippen LogP contribution in [0.3, 0.4) is 0 Å². The van der Waals surface area contributed by atoms with Crippen LogP contribution in [0.1, 0.15) is 38.2 Å². The Balaban J connectivity index is 1.59. The molecule has 3 N–H and O–H groups in total. The number of nitrogens with zero attached hydrogens (tertiary/aromatic N) is 2. The lowest BCUT2D eigenvalue weighted by molar-refractivity contribution is 0.157. The molecular formula is C18H30N4O2. The third-order valence-corrected chi connectivity index (χ3v) is 4.51. The molecule has 0 aromatic carbocycles. The maximum Gasteiger partial charge on any atom is 0.315 e. The molecule has 1 aromatic heterocycles. The highest BCUT2D eigenvalue weighted by atomic mass is 16.3. The van der Waals surface area contributed by atoms with Gasteiger partial charge in [-0.1, -0.05) is 13.3 Å². The minimum absolute atomic E-state index is 0.166. The van der Waals surface area contributed by atoms with Crippen LogP contribution in [0.5, 0.6) is 0 Å². The lowest BCUT2D eigenvalue weighted by atomic mass is 10.0. The van der Waals surface area contributed by atoms with Crippen molar-refractivity contribution in [2.24, 2.45) is 0 Å². The fourth-order valence-corrected chi connectivity index (χ4v) is 3.02. The number of rotatable bonds is 8. The molecule has 0 radical (unpaired) electrons. The van der Waals surface area contributed by atoms with Crippen LogP contribution in [0.15, 0.2) is 24.5 Å². The Morgan fingerprint density at radius 3 is 2.75 bits per heavy atom. The van der Waals surface area contributed by atoms with Crippen molar-refractivity contribution in [2.75, 3.05) is 26.2 Å². The highest BCUT2D eigenvalue weighted by molar-refractivity contribution is 5.74. The SMILES string of the molecule is CCCC(O)CNC(=O)NC1CCN(CCc2ccncc2)CC1. The molecule has 134 valence electrons. The summed E-state index contributed by atoms with van der Waals surface area (Å²) in [6, 6.07) is 4.18. The second-order valence-corrected chi connectivity index (χ2v) is 6.52. The van der Waals surface area contributed by atoms with E-state index < -0.39 is 6.10 Å². The summed E-state index contributed by atoms with van der Waals surface area (Å²) in [6.45, 7) is 5.41. The number of aliphatic hydroxyl groups is 1. The van der Waals surface area contributed by atoms with Crippen molar-refractivity contribution in [3.05, 3.63) is 30.1 Å². The summed E-state index contributed by atoms with van der Waals surface area (Å²) in [5, 5.41) is 15.4. The molecule has 1 fully saturated rings. The zero-order chi connectivity index (χ0) is 17.2. The standard InChI is InChI=1S/C18H30N4O2/c1-2-3-17(23)14-20-18(24)21-16-7-12-22(13-8-16)11-6-15-4-9-19-10-5-15/h4-5,9-10,16-17,23H,2-3,6-8,11-14H2,1H3,(H2,20,21,24). The van der Waals surface area contributed by atoms with Crippen LogP contribution in [0, 0.1) is 0 Å². The second kappa shape index (κ2) is 10.3. The van der Waals surface area contributed by atoms with E-state index in [9.17, 15) is 9.90 Å². The van der Waals surface area contributed by atoms with Crippen LogP contribution in [-0.4, -0.2) is 59.3 Å². The Labute approximate surface area is 144 Å². The van der Waals surface area contributed by atoms with Gasteiger partial charge in [-0.15, -0.1) is 0 Å². The summed E-state index contributed by atoms with van der Waals surface area (Å²) >= 11 is 0. The fourth-order valence-electron chi connectivity index (χ4n) is 3.02. The first kappa shape index (κ1) is 18.7. The average Bonchev–Trinajstić information content (AvgIpc) is 2.61. The Morgan fingerprint density at radius 1 is 1.38 bits per heavy atom. The van der Waals surface area contributed by atoms with Crippen molar-refractivity contribution in [3.63, 3.8) is 0 Å². The van der Waals surface area contributed by atoms with Gasteiger partial charge in [0, 0.05) is 44.6 Å². The number of carbonyl (C=O) groups is 1. The minimum Gasteiger partial charge on any atom is -0.391 e. The summed E-state index contributed by atoms with van der Waals surface area (Å²) in [6.07, 6.45) is 7.84. The highest BCUT2D eigenvalue weighted by Crippen LogP contribution is 2.11. The van der Waals surface area contributed by atoms with Crippen molar-refractivity contribution in [1.29, 1.82) is 0 Å². The molecule has 1 aliphatic heterocycles. The van der Waals surface area contributed by atoms with Gasteiger partial charge in [0.2, 0.25) is 0 Å². The van der Waals surface area contributed by atoms with Gasteiger partial charge in [0.15, 0.2) is 0 Å². The van der Waals surface area contributed by atoms with Crippen molar-refractivity contribution >= 4 is 6.03 Å². The van der Waals surface area contributed by atoms with Crippen molar-refractivity contribution in [2.45, 2.75) is 51.2 Å². The Hall–Kier alpha value is -1.66. The summed E-state index contributed by atoms with van der Waals surface area (Å²) in [5.74, 6) is 0. The van der Waals surface area contributed by atoms with E-state index >= 15 is 0 Å². The Kier molecular flexibility index (Phi) is 7.98. The molecule has 0 bridgehead atoms. The number of aromatic nitrogens is 1. The van der Waals surface area contributed by atoms with Gasteiger partial charge < -0.3 is 20.6 Å². The number of aliphatic hydroxyl groups excluding tert-OH is 1. The quantitative estimate of drug-likeness (QED) is 0.674. The van der Waals surface area contributed by atoms with Crippen LogP contribution in [-0.2, 0) is 6.42 Å². The number of pyridine rings is 1. The Bertz CT molecular complexity index is 475. The second-order valence-electron chi connectivity index (χ2n) is 6.52. The molecule has 6 heteroatoms. The molecule has 1 unspecified atom stereocenters. The topological polar surface area (TPSA) is 77.5 Å². The predicted octanol–water partition coefficient (Wildman–Crippen LogP) is 1.55. The number of hydrogen-bond acceptors (Lipinski definition) is 4. The van der Waals surface area contributed by atoms with Gasteiger partial charge in [-0.3, -0.25) is 4.98 Å². The number of piperidine rings is 1. The molecule has 2 rings (SSSR count). The molecule has 2 heterocycles. The predicted molar refractivity (Wildman–Crippen MR) is 94.9 cm³/mol. The van der Waals surface area contributed by atoms with Crippen LogP contribution in [0.2, 0.25) is 0 Å². The molecular weight excluding hydrogens is 304 g/mol. The van der Waals surface area contributed by atoms with Gasteiger partial charge in [0.1, 0.15) is 0 Å². The molecule has 1 atom stereocenters. The van der Waals surface area contributed by atoms with E-state index in [1.807, 2.05) is 19.3 Å². The van der Waals surface area contributed by atoms with E-state index in [2.05, 4.69) is 32.7 Å². The first-order valence-corrected chi connectivity index (χ1v) is 9.01. The van der Waals surface area contributed by atoms with Crippen molar-refractivity contribution in [3.8, 4) is 0 Å².